The maximum atomic E-state index is 12.9. The molecule has 2 rings (SSSR count). The zero-order chi connectivity index (χ0) is 14.9. The number of nitriles is 1. The molecular weight excluding hydrogens is 260 g/mol. The van der Waals surface area contributed by atoms with E-state index >= 15 is 0 Å². The van der Waals surface area contributed by atoms with Gasteiger partial charge < -0.3 is 4.90 Å². The van der Waals surface area contributed by atoms with Crippen LogP contribution in [0.5, 0.6) is 0 Å². The lowest BCUT2D eigenvalue weighted by Crippen LogP contribution is -2.37. The van der Waals surface area contributed by atoms with Crippen LogP contribution < -0.4 is 4.90 Å². The monoisotopic (exact) mass is 284 g/mol. The van der Waals surface area contributed by atoms with Crippen molar-refractivity contribution in [3.05, 3.63) is 30.3 Å². The smallest absolute Gasteiger partial charge is 0.230 e. The maximum absolute atomic E-state index is 12.9. The van der Waals surface area contributed by atoms with Gasteiger partial charge in [0.1, 0.15) is 0 Å². The van der Waals surface area contributed by atoms with Gasteiger partial charge in [0.25, 0.3) is 0 Å². The van der Waals surface area contributed by atoms with Gasteiger partial charge in [-0.3, -0.25) is 4.79 Å². The molecule has 0 heterocycles. The first-order valence-electron chi connectivity index (χ1n) is 8.06. The lowest BCUT2D eigenvalue weighted by molar-refractivity contribution is -0.123. The van der Waals surface area contributed by atoms with Crippen molar-refractivity contribution in [1.82, 2.24) is 0 Å². The fourth-order valence-electron chi connectivity index (χ4n) is 3.06. The van der Waals surface area contributed by atoms with E-state index in [-0.39, 0.29) is 11.8 Å². The topological polar surface area (TPSA) is 44.1 Å². The van der Waals surface area contributed by atoms with Gasteiger partial charge in [0.05, 0.1) is 12.5 Å². The molecule has 1 aliphatic rings. The summed E-state index contributed by atoms with van der Waals surface area (Å²) in [5, 5.41) is 8.85. The van der Waals surface area contributed by atoms with E-state index in [9.17, 15) is 4.79 Å². The minimum absolute atomic E-state index is 0.129. The van der Waals surface area contributed by atoms with Crippen LogP contribution in [-0.4, -0.2) is 12.5 Å². The molecule has 0 aliphatic heterocycles. The quantitative estimate of drug-likeness (QED) is 0.827. The predicted molar refractivity (Wildman–Crippen MR) is 84.8 cm³/mol. The van der Waals surface area contributed by atoms with Crippen LogP contribution in [0.1, 0.15) is 51.4 Å². The van der Waals surface area contributed by atoms with Crippen molar-refractivity contribution in [3.63, 3.8) is 0 Å². The number of hydrogen-bond acceptors (Lipinski definition) is 2. The number of carbonyl (C=O) groups excluding carboxylic acids is 1. The Labute approximate surface area is 127 Å². The van der Waals surface area contributed by atoms with Crippen molar-refractivity contribution in [2.24, 2.45) is 5.92 Å². The molecule has 0 saturated heterocycles. The molecule has 1 aliphatic carbocycles. The summed E-state index contributed by atoms with van der Waals surface area (Å²) < 4.78 is 0. The summed E-state index contributed by atoms with van der Waals surface area (Å²) in [6.07, 6.45) is 8.46. The highest BCUT2D eigenvalue weighted by molar-refractivity contribution is 5.95. The molecule has 1 fully saturated rings. The van der Waals surface area contributed by atoms with Crippen LogP contribution in [0.4, 0.5) is 5.69 Å². The normalized spacial score (nSPS) is 16.5. The van der Waals surface area contributed by atoms with E-state index in [0.717, 1.165) is 31.4 Å². The van der Waals surface area contributed by atoms with Crippen molar-refractivity contribution < 1.29 is 4.79 Å². The fourth-order valence-corrected chi connectivity index (χ4v) is 3.06. The van der Waals surface area contributed by atoms with E-state index in [1.54, 1.807) is 0 Å². The molecule has 0 unspecified atom stereocenters. The Kier molecular flexibility index (Phi) is 6.27. The van der Waals surface area contributed by atoms with E-state index in [2.05, 4.69) is 6.07 Å². The second-order valence-corrected chi connectivity index (χ2v) is 5.78. The largest absolute Gasteiger partial charge is 0.311 e. The molecule has 21 heavy (non-hydrogen) atoms. The van der Waals surface area contributed by atoms with Crippen LogP contribution in [0.15, 0.2) is 30.3 Å². The zero-order valence-electron chi connectivity index (χ0n) is 12.6. The zero-order valence-corrected chi connectivity index (χ0v) is 12.6. The number of carbonyl (C=O) groups is 1. The fraction of sp³-hybridized carbons (Fsp3) is 0.556. The van der Waals surface area contributed by atoms with E-state index in [0.29, 0.717) is 13.0 Å². The number of para-hydroxylation sites is 1. The summed E-state index contributed by atoms with van der Waals surface area (Å²) in [6, 6.07) is 11.9. The SMILES string of the molecule is N#CCCN(C(=O)C1CCCCCCC1)c1ccccc1. The number of benzene rings is 1. The number of anilines is 1. The first-order valence-corrected chi connectivity index (χ1v) is 8.06. The summed E-state index contributed by atoms with van der Waals surface area (Å²) in [7, 11) is 0. The minimum atomic E-state index is 0.129. The average Bonchev–Trinajstić information content (AvgIpc) is 2.48. The molecule has 0 atom stereocenters. The number of hydrogen-bond donors (Lipinski definition) is 0. The van der Waals surface area contributed by atoms with Gasteiger partial charge in [-0.25, -0.2) is 0 Å². The van der Waals surface area contributed by atoms with Gasteiger partial charge in [0, 0.05) is 18.2 Å². The van der Waals surface area contributed by atoms with Crippen LogP contribution in [-0.2, 0) is 4.79 Å². The highest BCUT2D eigenvalue weighted by Crippen LogP contribution is 2.26. The Balaban J connectivity index is 2.11. The number of amides is 1. The van der Waals surface area contributed by atoms with Gasteiger partial charge in [-0.2, -0.15) is 5.26 Å². The standard InChI is InChI=1S/C18H24N2O/c19-14-9-15-20(17-12-7-4-8-13-17)18(21)16-10-5-2-1-3-6-11-16/h4,7-8,12-13,16H,1-3,5-6,9-11,15H2. The third-order valence-electron chi connectivity index (χ3n) is 4.24. The predicted octanol–water partition coefficient (Wildman–Crippen LogP) is 4.29. The Morgan fingerprint density at radius 2 is 1.71 bits per heavy atom. The molecule has 0 spiro atoms. The summed E-state index contributed by atoms with van der Waals surface area (Å²) in [6.45, 7) is 0.496. The summed E-state index contributed by atoms with van der Waals surface area (Å²) in [5.41, 5.74) is 0.916. The van der Waals surface area contributed by atoms with E-state index < -0.39 is 0 Å². The second kappa shape index (κ2) is 8.46. The van der Waals surface area contributed by atoms with Crippen molar-refractivity contribution in [1.29, 1.82) is 5.26 Å². The number of nitrogens with zero attached hydrogens (tertiary/aromatic N) is 2. The first-order chi connectivity index (χ1) is 10.3. The maximum Gasteiger partial charge on any atom is 0.230 e. The average molecular weight is 284 g/mol. The highest BCUT2D eigenvalue weighted by Gasteiger charge is 2.25. The molecule has 3 nitrogen and oxygen atoms in total. The highest BCUT2D eigenvalue weighted by atomic mass is 16.2. The van der Waals surface area contributed by atoms with E-state index in [1.165, 1.54) is 19.3 Å². The molecule has 3 heteroatoms. The molecule has 112 valence electrons. The van der Waals surface area contributed by atoms with E-state index in [1.807, 2.05) is 35.2 Å². The molecule has 1 aromatic carbocycles. The van der Waals surface area contributed by atoms with Crippen molar-refractivity contribution >= 4 is 11.6 Å². The summed E-state index contributed by atoms with van der Waals surface area (Å²) in [5.74, 6) is 0.336. The van der Waals surface area contributed by atoms with Gasteiger partial charge in [0.15, 0.2) is 0 Å². The Bertz CT molecular complexity index is 470. The third kappa shape index (κ3) is 4.60. The minimum Gasteiger partial charge on any atom is -0.311 e. The molecule has 0 aromatic heterocycles. The molecule has 0 radical (unpaired) electrons. The van der Waals surface area contributed by atoms with Crippen LogP contribution in [0, 0.1) is 17.2 Å². The lowest BCUT2D eigenvalue weighted by Gasteiger charge is -2.28. The van der Waals surface area contributed by atoms with Crippen LogP contribution in [0.2, 0.25) is 0 Å². The summed E-state index contributed by atoms with van der Waals surface area (Å²) in [4.78, 5) is 14.7. The summed E-state index contributed by atoms with van der Waals surface area (Å²) >= 11 is 0. The van der Waals surface area contributed by atoms with Gasteiger partial charge in [-0.1, -0.05) is 50.3 Å². The second-order valence-electron chi connectivity index (χ2n) is 5.78. The van der Waals surface area contributed by atoms with Crippen LogP contribution in [0.25, 0.3) is 0 Å². The van der Waals surface area contributed by atoms with Gasteiger partial charge >= 0.3 is 0 Å². The molecule has 0 N–H and O–H groups in total. The number of rotatable bonds is 4. The van der Waals surface area contributed by atoms with Crippen molar-refractivity contribution in [2.75, 3.05) is 11.4 Å². The van der Waals surface area contributed by atoms with Crippen LogP contribution in [0.3, 0.4) is 0 Å². The Morgan fingerprint density at radius 1 is 1.10 bits per heavy atom. The lowest BCUT2D eigenvalue weighted by atomic mass is 9.90. The Morgan fingerprint density at radius 3 is 2.33 bits per heavy atom. The van der Waals surface area contributed by atoms with Gasteiger partial charge in [-0.05, 0) is 25.0 Å². The molecular formula is C18H24N2O. The molecule has 1 amide bonds. The first kappa shape index (κ1) is 15.6. The molecule has 1 aromatic rings. The molecule has 1 saturated carbocycles. The molecule has 0 bridgehead atoms. The van der Waals surface area contributed by atoms with Gasteiger partial charge in [0.2, 0.25) is 5.91 Å². The van der Waals surface area contributed by atoms with Crippen molar-refractivity contribution in [2.45, 2.75) is 51.4 Å². The third-order valence-corrected chi connectivity index (χ3v) is 4.24. The van der Waals surface area contributed by atoms with Crippen LogP contribution >= 0.6 is 0 Å². The van der Waals surface area contributed by atoms with Gasteiger partial charge in [-0.15, -0.1) is 0 Å². The Hall–Kier alpha value is -1.82. The van der Waals surface area contributed by atoms with E-state index in [4.69, 9.17) is 5.26 Å². The van der Waals surface area contributed by atoms with Crippen molar-refractivity contribution in [3.8, 4) is 6.07 Å².